The van der Waals surface area contributed by atoms with Gasteiger partial charge in [-0.2, -0.15) is 5.10 Å². The molecule has 0 spiro atoms. The molecule has 0 fully saturated rings. The summed E-state index contributed by atoms with van der Waals surface area (Å²) in [5.41, 5.74) is 8.73. The molecule has 0 radical (unpaired) electrons. The highest BCUT2D eigenvalue weighted by Crippen LogP contribution is 2.15. The van der Waals surface area contributed by atoms with E-state index in [0.29, 0.717) is 5.11 Å². The molecule has 0 amide bonds. The molecule has 0 bridgehead atoms. The summed E-state index contributed by atoms with van der Waals surface area (Å²) in [6.07, 6.45) is 4.79. The smallest absolute Gasteiger partial charge is 0.191 e. The van der Waals surface area contributed by atoms with E-state index in [1.54, 1.807) is 6.21 Å². The Balaban J connectivity index is 1.61. The van der Waals surface area contributed by atoms with Crippen LogP contribution in [-0.4, -0.2) is 15.9 Å². The number of anilines is 1. The van der Waals surface area contributed by atoms with Gasteiger partial charge in [0.2, 0.25) is 0 Å². The third-order valence-electron chi connectivity index (χ3n) is 4.48. The molecular weight excluding hydrogens is 352 g/mol. The summed E-state index contributed by atoms with van der Waals surface area (Å²) in [5.74, 6) is 0. The Morgan fingerprint density at radius 1 is 1.04 bits per heavy atom. The number of aromatic nitrogens is 1. The number of benzene rings is 2. The van der Waals surface area contributed by atoms with Crippen LogP contribution in [-0.2, 0) is 13.0 Å². The molecule has 2 N–H and O–H groups in total. The summed E-state index contributed by atoms with van der Waals surface area (Å²) in [6, 6.07) is 20.6. The van der Waals surface area contributed by atoms with Crippen LogP contribution >= 0.6 is 12.2 Å². The summed E-state index contributed by atoms with van der Waals surface area (Å²) in [5, 5.41) is 7.97. The average molecular weight is 377 g/mol. The van der Waals surface area contributed by atoms with Crippen molar-refractivity contribution in [3.05, 3.63) is 89.2 Å². The molecule has 0 saturated heterocycles. The third-order valence-corrected chi connectivity index (χ3v) is 4.67. The van der Waals surface area contributed by atoms with Gasteiger partial charge in [-0.05, 0) is 60.5 Å². The van der Waals surface area contributed by atoms with Gasteiger partial charge < -0.3 is 9.88 Å². The molecule has 138 valence electrons. The number of thiocarbonyl (C=S) groups is 1. The molecule has 1 heterocycles. The van der Waals surface area contributed by atoms with Crippen molar-refractivity contribution in [1.29, 1.82) is 0 Å². The van der Waals surface area contributed by atoms with Crippen LogP contribution in [0, 0.1) is 6.92 Å². The Bertz CT molecular complexity index is 943. The lowest BCUT2D eigenvalue weighted by Gasteiger charge is -2.11. The van der Waals surface area contributed by atoms with E-state index in [0.717, 1.165) is 24.3 Å². The summed E-state index contributed by atoms with van der Waals surface area (Å²) >= 11 is 5.35. The maximum atomic E-state index is 5.35. The minimum atomic E-state index is 0.476. The summed E-state index contributed by atoms with van der Waals surface area (Å²) < 4.78 is 2.16. The van der Waals surface area contributed by atoms with E-state index in [1.807, 2.05) is 30.3 Å². The van der Waals surface area contributed by atoms with Crippen molar-refractivity contribution in [2.24, 2.45) is 5.10 Å². The fourth-order valence-corrected chi connectivity index (χ4v) is 3.08. The van der Waals surface area contributed by atoms with Crippen LogP contribution in [0.5, 0.6) is 0 Å². The summed E-state index contributed by atoms with van der Waals surface area (Å²) in [4.78, 5) is 0. The molecule has 27 heavy (non-hydrogen) atoms. The van der Waals surface area contributed by atoms with Gasteiger partial charge in [-0.25, -0.2) is 0 Å². The van der Waals surface area contributed by atoms with Gasteiger partial charge >= 0.3 is 0 Å². The molecule has 0 aliphatic carbocycles. The number of hydrogen-bond acceptors (Lipinski definition) is 2. The lowest BCUT2D eigenvalue weighted by Crippen LogP contribution is -2.24. The van der Waals surface area contributed by atoms with Gasteiger partial charge in [0.05, 0.1) is 11.9 Å². The molecule has 0 saturated carbocycles. The van der Waals surface area contributed by atoms with Crippen LogP contribution < -0.4 is 10.7 Å². The lowest BCUT2D eigenvalue weighted by atomic mass is 10.1. The zero-order valence-electron chi connectivity index (χ0n) is 15.6. The number of rotatable bonds is 6. The first-order valence-electron chi connectivity index (χ1n) is 9.05. The maximum absolute atomic E-state index is 5.35. The fourth-order valence-electron chi connectivity index (χ4n) is 2.92. The number of aryl methyl sites for hydroxylation is 2. The molecule has 5 heteroatoms. The van der Waals surface area contributed by atoms with Gasteiger partial charge in [-0.3, -0.25) is 5.43 Å². The van der Waals surface area contributed by atoms with E-state index in [-0.39, 0.29) is 0 Å². The number of para-hydroxylation sites is 1. The highest BCUT2D eigenvalue weighted by atomic mass is 32.1. The van der Waals surface area contributed by atoms with Gasteiger partial charge in [0.15, 0.2) is 5.11 Å². The quantitative estimate of drug-likeness (QED) is 0.371. The van der Waals surface area contributed by atoms with Crippen molar-refractivity contribution in [1.82, 2.24) is 9.99 Å². The monoisotopic (exact) mass is 376 g/mol. The van der Waals surface area contributed by atoms with Crippen LogP contribution in [0.15, 0.2) is 72.0 Å². The molecule has 3 rings (SSSR count). The number of nitrogens with zero attached hydrogens (tertiary/aromatic N) is 2. The highest BCUT2D eigenvalue weighted by molar-refractivity contribution is 7.80. The Morgan fingerprint density at radius 3 is 2.56 bits per heavy atom. The Morgan fingerprint density at radius 2 is 1.78 bits per heavy atom. The predicted molar refractivity (Wildman–Crippen MR) is 117 cm³/mol. The standard InChI is InChI=1S/C22H24N4S/c1-3-18-10-6-7-13-21(18)24-22(27)25-23-15-20-12-8-14-26(20)16-19-11-5-4-9-17(19)2/h4-15H,3,16H2,1-2H3,(H2,24,25,27). The molecule has 0 unspecified atom stereocenters. The molecule has 0 aliphatic rings. The van der Waals surface area contributed by atoms with Gasteiger partial charge in [0.1, 0.15) is 0 Å². The van der Waals surface area contributed by atoms with Crippen LogP contribution in [0.3, 0.4) is 0 Å². The van der Waals surface area contributed by atoms with Crippen molar-refractivity contribution in [2.75, 3.05) is 5.32 Å². The van der Waals surface area contributed by atoms with E-state index in [2.05, 4.69) is 70.8 Å². The van der Waals surface area contributed by atoms with Crippen molar-refractivity contribution in [3.63, 3.8) is 0 Å². The first-order valence-corrected chi connectivity index (χ1v) is 9.46. The summed E-state index contributed by atoms with van der Waals surface area (Å²) in [6.45, 7) is 5.07. The second-order valence-electron chi connectivity index (χ2n) is 6.32. The largest absolute Gasteiger partial charge is 0.342 e. The minimum absolute atomic E-state index is 0.476. The first kappa shape index (κ1) is 18.9. The number of hydrazone groups is 1. The van der Waals surface area contributed by atoms with Gasteiger partial charge in [-0.1, -0.05) is 49.4 Å². The highest BCUT2D eigenvalue weighted by Gasteiger charge is 2.03. The molecule has 3 aromatic rings. The van der Waals surface area contributed by atoms with E-state index in [9.17, 15) is 0 Å². The van der Waals surface area contributed by atoms with Crippen molar-refractivity contribution in [3.8, 4) is 0 Å². The van der Waals surface area contributed by atoms with Crippen LogP contribution in [0.2, 0.25) is 0 Å². The van der Waals surface area contributed by atoms with E-state index < -0.39 is 0 Å². The van der Waals surface area contributed by atoms with Crippen LogP contribution in [0.25, 0.3) is 0 Å². The normalized spacial score (nSPS) is 10.9. The molecular formula is C22H24N4S. The van der Waals surface area contributed by atoms with Crippen molar-refractivity contribution < 1.29 is 0 Å². The molecule has 4 nitrogen and oxygen atoms in total. The number of hydrogen-bond donors (Lipinski definition) is 2. The SMILES string of the molecule is CCc1ccccc1NC(=S)NN=Cc1cccn1Cc1ccccc1C. The Kier molecular flexibility index (Phi) is 6.39. The zero-order valence-corrected chi connectivity index (χ0v) is 16.5. The second kappa shape index (κ2) is 9.14. The predicted octanol–water partition coefficient (Wildman–Crippen LogP) is 4.73. The van der Waals surface area contributed by atoms with E-state index in [1.165, 1.54) is 16.7 Å². The van der Waals surface area contributed by atoms with Crippen LogP contribution in [0.4, 0.5) is 5.69 Å². The molecule has 0 atom stereocenters. The molecule has 2 aromatic carbocycles. The maximum Gasteiger partial charge on any atom is 0.191 e. The van der Waals surface area contributed by atoms with Crippen LogP contribution in [0.1, 0.15) is 29.3 Å². The number of nitrogens with one attached hydrogen (secondary N) is 2. The first-order chi connectivity index (χ1) is 13.2. The average Bonchev–Trinajstić information content (AvgIpc) is 3.11. The van der Waals surface area contributed by atoms with Gasteiger partial charge in [0.25, 0.3) is 0 Å². The zero-order chi connectivity index (χ0) is 19.1. The van der Waals surface area contributed by atoms with Gasteiger partial charge in [0, 0.05) is 18.4 Å². The van der Waals surface area contributed by atoms with Gasteiger partial charge in [-0.15, -0.1) is 0 Å². The summed E-state index contributed by atoms with van der Waals surface area (Å²) in [7, 11) is 0. The fraction of sp³-hybridized carbons (Fsp3) is 0.182. The second-order valence-corrected chi connectivity index (χ2v) is 6.73. The molecule has 0 aliphatic heterocycles. The third kappa shape index (κ3) is 5.05. The topological polar surface area (TPSA) is 41.4 Å². The van der Waals surface area contributed by atoms with E-state index >= 15 is 0 Å². The Hall–Kier alpha value is -2.92. The minimum Gasteiger partial charge on any atom is -0.342 e. The Labute approximate surface area is 165 Å². The van der Waals surface area contributed by atoms with E-state index in [4.69, 9.17) is 12.2 Å². The lowest BCUT2D eigenvalue weighted by molar-refractivity contribution is 0.793. The van der Waals surface area contributed by atoms with Crippen molar-refractivity contribution >= 4 is 29.2 Å². The van der Waals surface area contributed by atoms with Crippen molar-refractivity contribution in [2.45, 2.75) is 26.8 Å². The molecule has 1 aromatic heterocycles.